The maximum Gasteiger partial charge on any atom is 0.328 e. The molecule has 0 aliphatic rings. The molecule has 0 radical (unpaired) electrons. The van der Waals surface area contributed by atoms with Crippen LogP contribution in [0.5, 0.6) is 0 Å². The fraction of sp³-hybridized carbons (Fsp3) is 0.143. The first-order valence-electron chi connectivity index (χ1n) is 6.02. The first-order valence-corrected chi connectivity index (χ1v) is 6.02. The first-order chi connectivity index (χ1) is 9.93. The summed E-state index contributed by atoms with van der Waals surface area (Å²) in [6, 6.07) is 6.67. The fourth-order valence-electron chi connectivity index (χ4n) is 1.65. The fourth-order valence-corrected chi connectivity index (χ4v) is 1.65. The molecule has 0 aliphatic carbocycles. The van der Waals surface area contributed by atoms with Crippen LogP contribution in [0.25, 0.3) is 10.9 Å². The van der Waals surface area contributed by atoms with Gasteiger partial charge in [-0.15, -0.1) is 0 Å². The lowest BCUT2D eigenvalue weighted by atomic mass is 10.2. The van der Waals surface area contributed by atoms with Crippen LogP contribution in [0.15, 0.2) is 42.6 Å². The Hall–Kier alpha value is -2.67. The van der Waals surface area contributed by atoms with Crippen molar-refractivity contribution in [2.24, 2.45) is 5.73 Å². The molecule has 0 saturated carbocycles. The maximum atomic E-state index is 12.8. The van der Waals surface area contributed by atoms with E-state index in [1.165, 1.54) is 12.1 Å². The second-order valence-corrected chi connectivity index (χ2v) is 4.01. The molecule has 2 aromatic rings. The second kappa shape index (κ2) is 7.81. The Morgan fingerprint density at radius 3 is 2.33 bits per heavy atom. The standard InChI is InChI=1S/C10H11FN2.C4H4O4/c11-9-1-2-10-8(7-9)3-5-13(10)6-4-12;5-3(6)1-2-4(7)8/h1-3,5,7H,4,6,12H2;1-2H,(H,5,6)(H,7,8). The third-order valence-corrected chi connectivity index (χ3v) is 2.47. The molecular weight excluding hydrogens is 279 g/mol. The van der Waals surface area contributed by atoms with Crippen LogP contribution in [0.1, 0.15) is 0 Å². The molecule has 0 atom stereocenters. The van der Waals surface area contributed by atoms with Crippen molar-refractivity contribution in [2.75, 3.05) is 6.54 Å². The highest BCUT2D eigenvalue weighted by molar-refractivity contribution is 5.89. The average molecular weight is 294 g/mol. The van der Waals surface area contributed by atoms with E-state index in [4.69, 9.17) is 15.9 Å². The van der Waals surface area contributed by atoms with E-state index in [1.807, 2.05) is 16.8 Å². The lowest BCUT2D eigenvalue weighted by molar-refractivity contribution is -0.134. The van der Waals surface area contributed by atoms with Crippen LogP contribution in [0, 0.1) is 5.82 Å². The molecule has 0 unspecified atom stereocenters. The van der Waals surface area contributed by atoms with Crippen molar-refractivity contribution in [2.45, 2.75) is 6.54 Å². The minimum absolute atomic E-state index is 0.196. The van der Waals surface area contributed by atoms with Crippen LogP contribution in [-0.4, -0.2) is 33.3 Å². The molecule has 21 heavy (non-hydrogen) atoms. The maximum absolute atomic E-state index is 12.8. The van der Waals surface area contributed by atoms with Gasteiger partial charge in [0.25, 0.3) is 0 Å². The Bertz CT molecular complexity index is 648. The zero-order chi connectivity index (χ0) is 15.8. The van der Waals surface area contributed by atoms with E-state index in [-0.39, 0.29) is 5.82 Å². The molecule has 1 heterocycles. The SMILES string of the molecule is NCCn1ccc2cc(F)ccc21.O=C(O)C=CC(=O)O. The van der Waals surface area contributed by atoms with Gasteiger partial charge in [-0.1, -0.05) is 0 Å². The number of carboxylic acids is 2. The summed E-state index contributed by atoms with van der Waals surface area (Å²) in [7, 11) is 0. The predicted octanol–water partition coefficient (Wildman–Crippen LogP) is 1.45. The van der Waals surface area contributed by atoms with Gasteiger partial charge in [-0.2, -0.15) is 0 Å². The number of aromatic nitrogens is 1. The van der Waals surface area contributed by atoms with Crippen molar-refractivity contribution in [1.29, 1.82) is 0 Å². The molecule has 112 valence electrons. The summed E-state index contributed by atoms with van der Waals surface area (Å²) in [5.41, 5.74) is 6.48. The number of fused-ring (bicyclic) bond motifs is 1. The highest BCUT2D eigenvalue weighted by Crippen LogP contribution is 2.16. The van der Waals surface area contributed by atoms with Crippen molar-refractivity contribution < 1.29 is 24.2 Å². The summed E-state index contributed by atoms with van der Waals surface area (Å²) in [5, 5.41) is 16.5. The molecule has 7 heteroatoms. The van der Waals surface area contributed by atoms with E-state index in [0.717, 1.165) is 17.4 Å². The summed E-state index contributed by atoms with van der Waals surface area (Å²) in [6.45, 7) is 1.37. The number of carbonyl (C=O) groups is 2. The lowest BCUT2D eigenvalue weighted by Crippen LogP contribution is -2.08. The zero-order valence-corrected chi connectivity index (χ0v) is 11.1. The van der Waals surface area contributed by atoms with Crippen molar-refractivity contribution >= 4 is 22.8 Å². The molecule has 0 aliphatic heterocycles. The van der Waals surface area contributed by atoms with Crippen LogP contribution in [0.3, 0.4) is 0 Å². The molecule has 1 aromatic carbocycles. The molecule has 0 saturated heterocycles. The number of nitrogens with zero attached hydrogens (tertiary/aromatic N) is 1. The van der Waals surface area contributed by atoms with Crippen LogP contribution >= 0.6 is 0 Å². The minimum atomic E-state index is -1.26. The summed E-state index contributed by atoms with van der Waals surface area (Å²) >= 11 is 0. The van der Waals surface area contributed by atoms with E-state index < -0.39 is 11.9 Å². The number of hydrogen-bond acceptors (Lipinski definition) is 3. The van der Waals surface area contributed by atoms with E-state index >= 15 is 0 Å². The quantitative estimate of drug-likeness (QED) is 0.740. The van der Waals surface area contributed by atoms with Crippen molar-refractivity contribution in [3.05, 3.63) is 48.4 Å². The Kier molecular flexibility index (Phi) is 6.09. The van der Waals surface area contributed by atoms with Gasteiger partial charge in [0.2, 0.25) is 0 Å². The van der Waals surface area contributed by atoms with Crippen molar-refractivity contribution in [3.8, 4) is 0 Å². The van der Waals surface area contributed by atoms with Gasteiger partial charge in [-0.05, 0) is 24.3 Å². The largest absolute Gasteiger partial charge is 0.478 e. The van der Waals surface area contributed by atoms with E-state index in [0.29, 0.717) is 18.7 Å². The van der Waals surface area contributed by atoms with E-state index in [1.54, 1.807) is 6.07 Å². The molecule has 0 fully saturated rings. The van der Waals surface area contributed by atoms with E-state index in [2.05, 4.69) is 0 Å². The second-order valence-electron chi connectivity index (χ2n) is 4.01. The summed E-state index contributed by atoms with van der Waals surface area (Å²) in [5.74, 6) is -2.71. The number of hydrogen-bond donors (Lipinski definition) is 3. The van der Waals surface area contributed by atoms with Gasteiger partial charge in [-0.3, -0.25) is 0 Å². The van der Waals surface area contributed by atoms with Crippen LogP contribution in [0.2, 0.25) is 0 Å². The molecule has 0 spiro atoms. The Morgan fingerprint density at radius 1 is 1.19 bits per heavy atom. The third-order valence-electron chi connectivity index (χ3n) is 2.47. The third kappa shape index (κ3) is 5.45. The summed E-state index contributed by atoms with van der Waals surface area (Å²) < 4.78 is 14.8. The molecule has 2 rings (SSSR count). The zero-order valence-electron chi connectivity index (χ0n) is 11.1. The number of nitrogens with two attached hydrogens (primary N) is 1. The van der Waals surface area contributed by atoms with Gasteiger partial charge in [-0.25, -0.2) is 14.0 Å². The summed E-state index contributed by atoms with van der Waals surface area (Å²) in [6.07, 6.45) is 3.04. The van der Waals surface area contributed by atoms with E-state index in [9.17, 15) is 14.0 Å². The Balaban J connectivity index is 0.000000240. The van der Waals surface area contributed by atoms with Gasteiger partial charge >= 0.3 is 11.9 Å². The number of rotatable bonds is 4. The van der Waals surface area contributed by atoms with Gasteiger partial charge in [0.15, 0.2) is 0 Å². The van der Waals surface area contributed by atoms with Crippen molar-refractivity contribution in [3.63, 3.8) is 0 Å². The first kappa shape index (κ1) is 16.4. The number of benzene rings is 1. The summed E-state index contributed by atoms with van der Waals surface area (Å²) in [4.78, 5) is 19.1. The van der Waals surface area contributed by atoms with Crippen molar-refractivity contribution in [1.82, 2.24) is 4.57 Å². The van der Waals surface area contributed by atoms with Crippen LogP contribution in [0.4, 0.5) is 4.39 Å². The topological polar surface area (TPSA) is 106 Å². The number of carboxylic acid groups (broad SMARTS) is 2. The van der Waals surface area contributed by atoms with Gasteiger partial charge in [0.1, 0.15) is 5.82 Å². The average Bonchev–Trinajstić information content (AvgIpc) is 2.80. The van der Waals surface area contributed by atoms with Gasteiger partial charge in [0, 0.05) is 42.3 Å². The normalized spacial score (nSPS) is 10.4. The lowest BCUT2D eigenvalue weighted by Gasteiger charge is -2.01. The molecular formula is C14H15FN2O4. The number of aliphatic carboxylic acids is 2. The van der Waals surface area contributed by atoms with Gasteiger partial charge < -0.3 is 20.5 Å². The van der Waals surface area contributed by atoms with Gasteiger partial charge in [0.05, 0.1) is 0 Å². The Morgan fingerprint density at radius 2 is 1.81 bits per heavy atom. The Labute approximate surface area is 119 Å². The molecule has 4 N–H and O–H groups in total. The monoisotopic (exact) mass is 294 g/mol. The molecule has 6 nitrogen and oxygen atoms in total. The molecule has 0 amide bonds. The highest BCUT2D eigenvalue weighted by atomic mass is 19.1. The predicted molar refractivity (Wildman–Crippen MR) is 75.4 cm³/mol. The molecule has 1 aromatic heterocycles. The molecule has 0 bridgehead atoms. The van der Waals surface area contributed by atoms with Crippen LogP contribution in [-0.2, 0) is 16.1 Å². The highest BCUT2D eigenvalue weighted by Gasteiger charge is 2.00. The smallest absolute Gasteiger partial charge is 0.328 e. The van der Waals surface area contributed by atoms with Crippen LogP contribution < -0.4 is 5.73 Å². The minimum Gasteiger partial charge on any atom is -0.478 e. The number of halogens is 1.